The predicted molar refractivity (Wildman–Crippen MR) is 35.1 cm³/mol. The molecule has 0 aliphatic carbocycles. The van der Waals surface area contributed by atoms with Gasteiger partial charge in [0.15, 0.2) is 0 Å². The Morgan fingerprint density at radius 3 is 0.308 bits per heavy atom. The van der Waals surface area contributed by atoms with Crippen LogP contribution < -0.4 is 28.0 Å². The Morgan fingerprint density at radius 2 is 0.308 bits per heavy atom. The van der Waals surface area contributed by atoms with Crippen molar-refractivity contribution in [3.05, 3.63) is 0 Å². The van der Waals surface area contributed by atoms with Gasteiger partial charge in [0.2, 0.25) is 0 Å². The second kappa shape index (κ2) is 410. The molecule has 0 fully saturated rings. The van der Waals surface area contributed by atoms with Gasteiger partial charge in [-0.15, -0.1) is 0 Å². The molecule has 0 aliphatic heterocycles. The van der Waals surface area contributed by atoms with Gasteiger partial charge in [0.25, 0.3) is 0 Å². The first-order valence-electron chi connectivity index (χ1n) is 0.926. The molecule has 0 N–H and O–H groups in total. The van der Waals surface area contributed by atoms with Gasteiger partial charge in [0, 0.05) is 0 Å². The normalized spacial score (nSPS) is 2.77. The molecule has 0 spiro atoms. The molecule has 0 aromatic rings. The Hall–Kier alpha value is 2.55. The molecule has 0 aliphatic rings. The maximum Gasteiger partial charge on any atom is 6.00 e. The minimum Gasteiger partial charge on any atom is -0.769 e. The Labute approximate surface area is 129 Å². The first kappa shape index (κ1) is 45.0. The number of halogens is 6. The van der Waals surface area contributed by atoms with Crippen molar-refractivity contribution in [1.82, 2.24) is 0 Å². The molecule has 13 heteroatoms. The van der Waals surface area contributed by atoms with Crippen LogP contribution >= 0.6 is 71.2 Å². The summed E-state index contributed by atoms with van der Waals surface area (Å²) in [5.74, 6) is 0. The molecule has 0 aromatic heterocycles. The van der Waals surface area contributed by atoms with Crippen molar-refractivity contribution in [3.63, 3.8) is 0 Å². The van der Waals surface area contributed by atoms with Crippen LogP contribution in [0.3, 0.4) is 0 Å². The first-order valence-corrected chi connectivity index (χ1v) is 2.78. The van der Waals surface area contributed by atoms with Gasteiger partial charge in [-0.1, -0.05) is 0 Å². The maximum atomic E-state index is 7.72. The Bertz CT molecular complexity index is 17.1. The van der Waals surface area contributed by atoms with Crippen LogP contribution in [0.15, 0.2) is 0 Å². The average Bonchev–Trinajstić information content (AvgIpc) is 2.33. The zero-order valence-electron chi connectivity index (χ0n) is 5.22. The van der Waals surface area contributed by atoms with Gasteiger partial charge >= 0.3 is 31.1 Å². The summed E-state index contributed by atoms with van der Waals surface area (Å²) in [6.45, 7) is 0. The topological polar surface area (TPSA) is 138 Å². The van der Waals surface area contributed by atoms with Crippen molar-refractivity contribution in [2.75, 3.05) is 0 Å². The van der Waals surface area contributed by atoms with Crippen LogP contribution in [-0.2, 0) is 0 Å². The van der Waals surface area contributed by atoms with Crippen molar-refractivity contribution in [3.8, 4) is 0 Å². The van der Waals surface area contributed by atoms with E-state index in [-0.39, 0.29) is 31.1 Å². The van der Waals surface area contributed by atoms with E-state index in [9.17, 15) is 0 Å². The van der Waals surface area contributed by atoms with Gasteiger partial charge < -0.3 is 28.0 Å². The summed E-state index contributed by atoms with van der Waals surface area (Å²) in [5.41, 5.74) is 0. The van der Waals surface area contributed by atoms with E-state index in [1.54, 1.807) is 0 Å². The van der Waals surface area contributed by atoms with Gasteiger partial charge in [-0.05, 0) is 0 Å². The fraction of sp³-hybridized carbons (Fsp3) is 0. The summed E-state index contributed by atoms with van der Waals surface area (Å²) >= 11 is 20.3. The number of rotatable bonds is 0. The summed E-state index contributed by atoms with van der Waals surface area (Å²) in [7, 11) is 0. The molecule has 0 heterocycles. The van der Waals surface area contributed by atoms with Gasteiger partial charge in [-0.2, -0.15) is 0 Å². The Morgan fingerprint density at radius 1 is 0.308 bits per heavy atom. The molecule has 82 valence electrons. The largest absolute Gasteiger partial charge is 6.00 e. The van der Waals surface area contributed by atoms with Gasteiger partial charge in [-0.3, -0.25) is 0 Å². The zero-order valence-corrected chi connectivity index (χ0v) is 13.9. The molecule has 0 saturated heterocycles. The summed E-state index contributed by atoms with van der Waals surface area (Å²) in [6, 6.07) is 0. The van der Waals surface area contributed by atoms with Crippen LogP contribution in [0.5, 0.6) is 0 Å². The standard InChI is InChI=1S/6ClO.U/c6*1-2;/q6*-1;+6. The molecule has 0 amide bonds. The monoisotopic (exact) mass is 544 g/mol. The van der Waals surface area contributed by atoms with Gasteiger partial charge in [-0.25, -0.2) is 71.2 Å². The molecule has 0 saturated carbocycles. The summed E-state index contributed by atoms with van der Waals surface area (Å²) in [4.78, 5) is 0. The van der Waals surface area contributed by atoms with Crippen LogP contribution in [0.2, 0.25) is 0 Å². The molecule has 0 aromatic carbocycles. The van der Waals surface area contributed by atoms with Crippen molar-refractivity contribution in [1.29, 1.82) is 0 Å². The Kier molecular flexibility index (Phi) is 1420. The maximum absolute atomic E-state index is 7.72. The minimum absolute atomic E-state index is 0. The van der Waals surface area contributed by atoms with Crippen molar-refractivity contribution in [2.45, 2.75) is 0 Å². The molecule has 13 heavy (non-hydrogen) atoms. The SMILES string of the molecule is [O-]Cl.[O-]Cl.[O-]Cl.[O-]Cl.[O-]Cl.[O-]Cl.[U+6]. The van der Waals surface area contributed by atoms with E-state index >= 15 is 0 Å². The third-order valence-corrected chi connectivity index (χ3v) is 0. The van der Waals surface area contributed by atoms with E-state index in [0.29, 0.717) is 0 Å². The van der Waals surface area contributed by atoms with E-state index in [2.05, 4.69) is 71.2 Å². The van der Waals surface area contributed by atoms with Crippen molar-refractivity contribution >= 4 is 71.2 Å². The summed E-state index contributed by atoms with van der Waals surface area (Å²) in [5, 5.41) is 0. The summed E-state index contributed by atoms with van der Waals surface area (Å²) in [6.07, 6.45) is 0. The molecule has 0 atom stereocenters. The second-order valence-corrected chi connectivity index (χ2v) is 0. The van der Waals surface area contributed by atoms with E-state index in [4.69, 9.17) is 28.0 Å². The number of hydrogen-bond donors (Lipinski definition) is 0. The predicted octanol–water partition coefficient (Wildman–Crippen LogP) is -3.00. The molecule has 0 radical (unpaired) electrons. The third-order valence-electron chi connectivity index (χ3n) is 0. The smallest absolute Gasteiger partial charge is 0.769 e. The van der Waals surface area contributed by atoms with E-state index in [1.807, 2.05) is 0 Å². The minimum atomic E-state index is 0. The van der Waals surface area contributed by atoms with Crippen LogP contribution in [0.1, 0.15) is 0 Å². The quantitative estimate of drug-likeness (QED) is 0.318. The van der Waals surface area contributed by atoms with Crippen LogP contribution in [0, 0.1) is 31.1 Å². The van der Waals surface area contributed by atoms with E-state index < -0.39 is 0 Å². The zero-order chi connectivity index (χ0) is 12.0. The summed E-state index contributed by atoms with van der Waals surface area (Å²) < 4.78 is 46.3. The molecular weight excluding hydrogens is 547 g/mol. The molecule has 0 rings (SSSR count). The van der Waals surface area contributed by atoms with Crippen molar-refractivity contribution < 1.29 is 59.1 Å². The Balaban J connectivity index is -0.00000000655. The van der Waals surface area contributed by atoms with Crippen LogP contribution in [0.4, 0.5) is 0 Å². The average molecular weight is 547 g/mol. The van der Waals surface area contributed by atoms with Crippen LogP contribution in [0.25, 0.3) is 0 Å². The van der Waals surface area contributed by atoms with Gasteiger partial charge in [0.05, 0.1) is 0 Å². The molecule has 6 nitrogen and oxygen atoms in total. The fourth-order valence-electron chi connectivity index (χ4n) is 0. The van der Waals surface area contributed by atoms with Crippen molar-refractivity contribution in [2.24, 2.45) is 0 Å². The molecule has 0 unspecified atom stereocenters. The van der Waals surface area contributed by atoms with E-state index in [0.717, 1.165) is 0 Å². The molecular formula is Cl6O6U. The third kappa shape index (κ3) is 352. The fourth-order valence-corrected chi connectivity index (χ4v) is 0. The first-order chi connectivity index (χ1) is 6.00. The molecule has 0 bridgehead atoms. The van der Waals surface area contributed by atoms with Crippen LogP contribution in [-0.4, -0.2) is 0 Å². The second-order valence-electron chi connectivity index (χ2n) is 0. The number of hydrogen-bond acceptors (Lipinski definition) is 6. The van der Waals surface area contributed by atoms with Gasteiger partial charge in [0.1, 0.15) is 0 Å². The van der Waals surface area contributed by atoms with E-state index in [1.165, 1.54) is 0 Å².